The Labute approximate surface area is 184 Å². The molecule has 2 heterocycles. The van der Waals surface area contributed by atoms with Crippen molar-refractivity contribution in [1.29, 1.82) is 0 Å². The van der Waals surface area contributed by atoms with Crippen LogP contribution in [0.4, 0.5) is 5.69 Å². The number of nitrogens with one attached hydrogen (secondary N) is 1. The Bertz CT molecular complexity index is 1300. The minimum atomic E-state index is -0.245. The molecule has 156 valence electrons. The maximum absolute atomic E-state index is 13.4. The van der Waals surface area contributed by atoms with Gasteiger partial charge in [0.25, 0.3) is 5.91 Å². The number of pyridine rings is 1. The monoisotopic (exact) mass is 432 g/mol. The minimum Gasteiger partial charge on any atom is -0.495 e. The van der Waals surface area contributed by atoms with Crippen LogP contribution in [0.25, 0.3) is 16.7 Å². The first-order valence-electron chi connectivity index (χ1n) is 10.2. The zero-order chi connectivity index (χ0) is 21.5. The fourth-order valence-electron chi connectivity index (χ4n) is 3.79. The van der Waals surface area contributed by atoms with E-state index in [-0.39, 0.29) is 5.91 Å². The molecule has 1 amide bonds. The van der Waals surface area contributed by atoms with Gasteiger partial charge >= 0.3 is 0 Å². The van der Waals surface area contributed by atoms with Gasteiger partial charge in [-0.15, -0.1) is 0 Å². The molecule has 0 spiro atoms. The molecule has 0 aliphatic heterocycles. The standard InChI is InChI=1S/C24H21ClN4O2/c1-14-22-18(24(30)27-20-12-16(25)10-11-21(20)31-2)13-19(15-8-9-15)26-23(22)29(28-14)17-6-4-3-5-7-17/h3-7,10-13,15H,8-9H2,1-2H3,(H,27,30). The normalized spacial score (nSPS) is 13.4. The molecule has 0 unspecified atom stereocenters. The van der Waals surface area contributed by atoms with E-state index in [9.17, 15) is 4.79 Å². The SMILES string of the molecule is COc1ccc(Cl)cc1NC(=O)c1cc(C2CC2)nc2c1c(C)nn2-c1ccccc1. The number of methoxy groups -OCH3 is 1. The predicted molar refractivity (Wildman–Crippen MR) is 122 cm³/mol. The number of anilines is 1. The number of hydrogen-bond acceptors (Lipinski definition) is 4. The number of aryl methyl sites for hydroxylation is 1. The van der Waals surface area contributed by atoms with Crippen molar-refractivity contribution in [3.8, 4) is 11.4 Å². The Balaban J connectivity index is 1.65. The molecule has 0 radical (unpaired) electrons. The fraction of sp³-hybridized carbons (Fsp3) is 0.208. The lowest BCUT2D eigenvalue weighted by Crippen LogP contribution is -2.14. The molecule has 7 heteroatoms. The van der Waals surface area contributed by atoms with Gasteiger partial charge in [-0.3, -0.25) is 4.79 Å². The van der Waals surface area contributed by atoms with Crippen molar-refractivity contribution in [2.45, 2.75) is 25.7 Å². The third-order valence-electron chi connectivity index (χ3n) is 5.48. The van der Waals surface area contributed by atoms with Crippen LogP contribution < -0.4 is 10.1 Å². The van der Waals surface area contributed by atoms with Crippen LogP contribution in [0.1, 0.15) is 40.5 Å². The van der Waals surface area contributed by atoms with Crippen LogP contribution in [-0.4, -0.2) is 27.8 Å². The van der Waals surface area contributed by atoms with E-state index in [0.717, 1.165) is 35.3 Å². The van der Waals surface area contributed by atoms with Gasteiger partial charge in [0.15, 0.2) is 5.65 Å². The van der Waals surface area contributed by atoms with Crippen LogP contribution in [-0.2, 0) is 0 Å². The molecule has 0 saturated heterocycles. The van der Waals surface area contributed by atoms with E-state index in [2.05, 4.69) is 5.32 Å². The van der Waals surface area contributed by atoms with Crippen LogP contribution in [0.5, 0.6) is 5.75 Å². The van der Waals surface area contributed by atoms with E-state index < -0.39 is 0 Å². The molecule has 2 aromatic carbocycles. The van der Waals surface area contributed by atoms with Crippen molar-refractivity contribution in [2.24, 2.45) is 0 Å². The molecule has 6 nitrogen and oxygen atoms in total. The lowest BCUT2D eigenvalue weighted by atomic mass is 10.1. The Morgan fingerprint density at radius 2 is 1.94 bits per heavy atom. The maximum atomic E-state index is 13.4. The summed E-state index contributed by atoms with van der Waals surface area (Å²) in [6.07, 6.45) is 2.17. The lowest BCUT2D eigenvalue weighted by molar-refractivity contribution is 0.102. The summed E-state index contributed by atoms with van der Waals surface area (Å²) < 4.78 is 7.19. The van der Waals surface area contributed by atoms with Crippen molar-refractivity contribution in [2.75, 3.05) is 12.4 Å². The van der Waals surface area contributed by atoms with E-state index >= 15 is 0 Å². The Morgan fingerprint density at radius 1 is 1.16 bits per heavy atom. The molecule has 4 aromatic rings. The smallest absolute Gasteiger partial charge is 0.256 e. The summed E-state index contributed by atoms with van der Waals surface area (Å²) in [4.78, 5) is 18.3. The van der Waals surface area contributed by atoms with Crippen LogP contribution in [0.3, 0.4) is 0 Å². The average molecular weight is 433 g/mol. The van der Waals surface area contributed by atoms with Crippen LogP contribution >= 0.6 is 11.6 Å². The van der Waals surface area contributed by atoms with Crippen LogP contribution in [0, 0.1) is 6.92 Å². The molecule has 2 aromatic heterocycles. The summed E-state index contributed by atoms with van der Waals surface area (Å²) >= 11 is 6.14. The number of carbonyl (C=O) groups excluding carboxylic acids is 1. The molecule has 1 saturated carbocycles. The third kappa shape index (κ3) is 3.64. The van der Waals surface area contributed by atoms with Crippen molar-refractivity contribution >= 4 is 34.2 Å². The van der Waals surface area contributed by atoms with Crippen molar-refractivity contribution in [1.82, 2.24) is 14.8 Å². The first-order valence-corrected chi connectivity index (χ1v) is 10.5. The highest BCUT2D eigenvalue weighted by atomic mass is 35.5. The van der Waals surface area contributed by atoms with Gasteiger partial charge in [0.05, 0.1) is 35.1 Å². The van der Waals surface area contributed by atoms with Gasteiger partial charge in [-0.25, -0.2) is 9.67 Å². The van der Waals surface area contributed by atoms with E-state index in [0.29, 0.717) is 33.6 Å². The molecule has 1 fully saturated rings. The topological polar surface area (TPSA) is 69.0 Å². The number of aromatic nitrogens is 3. The molecule has 31 heavy (non-hydrogen) atoms. The maximum Gasteiger partial charge on any atom is 0.256 e. The summed E-state index contributed by atoms with van der Waals surface area (Å²) in [6, 6.07) is 16.9. The molecular weight excluding hydrogens is 412 g/mol. The number of fused-ring (bicyclic) bond motifs is 1. The second-order valence-corrected chi connectivity index (χ2v) is 8.14. The number of benzene rings is 2. The highest BCUT2D eigenvalue weighted by Crippen LogP contribution is 2.41. The molecule has 1 aliphatic carbocycles. The second kappa shape index (κ2) is 7.71. The van der Waals surface area contributed by atoms with E-state index in [1.807, 2.05) is 48.0 Å². The van der Waals surface area contributed by atoms with Gasteiger partial charge in [-0.05, 0) is 56.2 Å². The molecule has 0 atom stereocenters. The van der Waals surface area contributed by atoms with Gasteiger partial charge in [-0.2, -0.15) is 5.10 Å². The average Bonchev–Trinajstić information content (AvgIpc) is 3.58. The number of halogens is 1. The summed E-state index contributed by atoms with van der Waals surface area (Å²) in [5, 5.41) is 8.93. The fourth-order valence-corrected chi connectivity index (χ4v) is 3.96. The Morgan fingerprint density at radius 3 is 2.65 bits per heavy atom. The first-order chi connectivity index (χ1) is 15.0. The van der Waals surface area contributed by atoms with Crippen molar-refractivity contribution in [3.05, 3.63) is 76.6 Å². The number of nitrogens with zero attached hydrogens (tertiary/aromatic N) is 3. The number of ether oxygens (including phenoxy) is 1. The zero-order valence-corrected chi connectivity index (χ0v) is 18.0. The van der Waals surface area contributed by atoms with Gasteiger partial charge in [0.2, 0.25) is 0 Å². The summed E-state index contributed by atoms with van der Waals surface area (Å²) in [5.41, 5.74) is 4.34. The molecule has 0 bridgehead atoms. The van der Waals surface area contributed by atoms with E-state index in [1.165, 1.54) is 0 Å². The van der Waals surface area contributed by atoms with Crippen LogP contribution in [0.15, 0.2) is 54.6 Å². The van der Waals surface area contributed by atoms with Crippen molar-refractivity contribution in [3.63, 3.8) is 0 Å². The van der Waals surface area contributed by atoms with Crippen LogP contribution in [0.2, 0.25) is 5.02 Å². The van der Waals surface area contributed by atoms with Gasteiger partial charge in [-0.1, -0.05) is 29.8 Å². The van der Waals surface area contributed by atoms with Gasteiger partial charge in [0, 0.05) is 16.6 Å². The minimum absolute atomic E-state index is 0.245. The second-order valence-electron chi connectivity index (χ2n) is 7.70. The summed E-state index contributed by atoms with van der Waals surface area (Å²) in [6.45, 7) is 1.90. The summed E-state index contributed by atoms with van der Waals surface area (Å²) in [7, 11) is 1.56. The highest BCUT2D eigenvalue weighted by Gasteiger charge is 2.29. The molecule has 1 aliphatic rings. The van der Waals surface area contributed by atoms with Gasteiger partial charge < -0.3 is 10.1 Å². The summed E-state index contributed by atoms with van der Waals surface area (Å²) in [5.74, 6) is 0.684. The quantitative estimate of drug-likeness (QED) is 0.450. The highest BCUT2D eigenvalue weighted by molar-refractivity contribution is 6.31. The number of carbonyl (C=O) groups is 1. The largest absolute Gasteiger partial charge is 0.495 e. The Kier molecular flexibility index (Phi) is 4.87. The Hall–Kier alpha value is -3.38. The van der Waals surface area contributed by atoms with E-state index in [4.69, 9.17) is 26.4 Å². The molecular formula is C24H21ClN4O2. The van der Waals surface area contributed by atoms with E-state index in [1.54, 1.807) is 25.3 Å². The number of para-hydroxylation sites is 1. The van der Waals surface area contributed by atoms with Crippen molar-refractivity contribution < 1.29 is 9.53 Å². The number of hydrogen-bond donors (Lipinski definition) is 1. The number of amides is 1. The first kappa shape index (κ1) is 19.6. The third-order valence-corrected chi connectivity index (χ3v) is 5.72. The lowest BCUT2D eigenvalue weighted by Gasteiger charge is -2.12. The number of rotatable bonds is 5. The molecule has 5 rings (SSSR count). The molecule has 1 N–H and O–H groups in total. The van der Waals surface area contributed by atoms with Gasteiger partial charge in [0.1, 0.15) is 5.75 Å². The zero-order valence-electron chi connectivity index (χ0n) is 17.2. The predicted octanol–water partition coefficient (Wildman–Crippen LogP) is 5.52.